The predicted octanol–water partition coefficient (Wildman–Crippen LogP) is 4.00. The molecule has 110 valence electrons. The highest BCUT2D eigenvalue weighted by Gasteiger charge is 2.16. The molecule has 5 heteroatoms. The van der Waals surface area contributed by atoms with E-state index in [1.165, 1.54) is 30.6 Å². The molecule has 1 saturated carbocycles. The van der Waals surface area contributed by atoms with Crippen molar-refractivity contribution in [3.63, 3.8) is 0 Å². The van der Waals surface area contributed by atoms with Crippen LogP contribution < -0.4 is 10.1 Å². The van der Waals surface area contributed by atoms with Gasteiger partial charge in [-0.3, -0.25) is 4.79 Å². The molecular weight excluding hydrogens is 284 g/mol. The molecule has 1 aliphatic rings. The Morgan fingerprint density at radius 1 is 1.19 bits per heavy atom. The SMILES string of the molecule is O=C(NC1CCCCC1)c1ccc(Oc2nccs2)cc1. The summed E-state index contributed by atoms with van der Waals surface area (Å²) in [5.74, 6) is 0.696. The molecule has 1 amide bonds. The summed E-state index contributed by atoms with van der Waals surface area (Å²) in [7, 11) is 0. The Balaban J connectivity index is 1.59. The lowest BCUT2D eigenvalue weighted by atomic mass is 9.95. The molecule has 0 unspecified atom stereocenters. The Hall–Kier alpha value is -1.88. The first-order valence-corrected chi connectivity index (χ1v) is 8.17. The Kier molecular flexibility index (Phi) is 4.50. The summed E-state index contributed by atoms with van der Waals surface area (Å²) in [4.78, 5) is 16.2. The quantitative estimate of drug-likeness (QED) is 0.928. The molecule has 0 atom stereocenters. The molecule has 0 saturated heterocycles. The molecule has 0 spiro atoms. The van der Waals surface area contributed by atoms with E-state index < -0.39 is 0 Å². The molecule has 1 aliphatic carbocycles. The van der Waals surface area contributed by atoms with Crippen molar-refractivity contribution >= 4 is 17.2 Å². The average Bonchev–Trinajstić information content (AvgIpc) is 3.02. The molecule has 1 fully saturated rings. The summed E-state index contributed by atoms with van der Waals surface area (Å²) in [6.45, 7) is 0. The molecule has 4 nitrogen and oxygen atoms in total. The Labute approximate surface area is 128 Å². The van der Waals surface area contributed by atoms with Crippen LogP contribution in [0.4, 0.5) is 0 Å². The first-order chi connectivity index (χ1) is 10.3. The number of aromatic nitrogens is 1. The monoisotopic (exact) mass is 302 g/mol. The lowest BCUT2D eigenvalue weighted by Gasteiger charge is -2.22. The van der Waals surface area contributed by atoms with E-state index in [4.69, 9.17) is 4.74 Å². The summed E-state index contributed by atoms with van der Waals surface area (Å²) in [6, 6.07) is 7.52. The van der Waals surface area contributed by atoms with E-state index in [0.717, 1.165) is 12.8 Å². The smallest absolute Gasteiger partial charge is 0.278 e. The zero-order chi connectivity index (χ0) is 14.5. The molecule has 0 bridgehead atoms. The van der Waals surface area contributed by atoms with E-state index in [-0.39, 0.29) is 5.91 Å². The third-order valence-electron chi connectivity index (χ3n) is 3.67. The lowest BCUT2D eigenvalue weighted by molar-refractivity contribution is 0.0927. The van der Waals surface area contributed by atoms with E-state index in [0.29, 0.717) is 22.5 Å². The van der Waals surface area contributed by atoms with Crippen LogP contribution in [0.2, 0.25) is 0 Å². The van der Waals surface area contributed by atoms with Crippen LogP contribution in [0, 0.1) is 0 Å². The first-order valence-electron chi connectivity index (χ1n) is 7.29. The minimum atomic E-state index is 0.00250. The van der Waals surface area contributed by atoms with Gasteiger partial charge in [-0.05, 0) is 37.1 Å². The molecule has 1 N–H and O–H groups in total. The van der Waals surface area contributed by atoms with Crippen molar-refractivity contribution in [2.45, 2.75) is 38.1 Å². The molecule has 2 aromatic rings. The highest BCUT2D eigenvalue weighted by Crippen LogP contribution is 2.23. The van der Waals surface area contributed by atoms with Crippen LogP contribution in [0.25, 0.3) is 0 Å². The molecule has 1 aromatic carbocycles. The van der Waals surface area contributed by atoms with Crippen molar-refractivity contribution in [3.8, 4) is 10.9 Å². The number of carbonyl (C=O) groups excluding carboxylic acids is 1. The van der Waals surface area contributed by atoms with Gasteiger partial charge in [0, 0.05) is 23.2 Å². The normalized spacial score (nSPS) is 15.6. The molecular formula is C16H18N2O2S. The van der Waals surface area contributed by atoms with E-state index in [2.05, 4.69) is 10.3 Å². The fourth-order valence-electron chi connectivity index (χ4n) is 2.55. The number of hydrogen-bond donors (Lipinski definition) is 1. The summed E-state index contributed by atoms with van der Waals surface area (Å²) < 4.78 is 5.58. The Morgan fingerprint density at radius 3 is 2.62 bits per heavy atom. The Morgan fingerprint density at radius 2 is 1.95 bits per heavy atom. The largest absolute Gasteiger partial charge is 0.431 e. The van der Waals surface area contributed by atoms with Crippen molar-refractivity contribution < 1.29 is 9.53 Å². The van der Waals surface area contributed by atoms with Crippen LogP contribution >= 0.6 is 11.3 Å². The maximum absolute atomic E-state index is 12.2. The maximum Gasteiger partial charge on any atom is 0.278 e. The third kappa shape index (κ3) is 3.82. The molecule has 1 aromatic heterocycles. The fraction of sp³-hybridized carbons (Fsp3) is 0.375. The summed E-state index contributed by atoms with van der Waals surface area (Å²) in [5, 5.41) is 5.58. The fourth-order valence-corrected chi connectivity index (χ4v) is 3.06. The van der Waals surface area contributed by atoms with Crippen molar-refractivity contribution in [1.29, 1.82) is 0 Å². The van der Waals surface area contributed by atoms with Crippen LogP contribution in [-0.4, -0.2) is 16.9 Å². The van der Waals surface area contributed by atoms with Crippen molar-refractivity contribution in [2.75, 3.05) is 0 Å². The van der Waals surface area contributed by atoms with Crippen molar-refractivity contribution in [3.05, 3.63) is 41.4 Å². The van der Waals surface area contributed by atoms with Gasteiger partial charge in [0.05, 0.1) is 0 Å². The highest BCUT2D eigenvalue weighted by molar-refractivity contribution is 7.11. The number of hydrogen-bond acceptors (Lipinski definition) is 4. The van der Waals surface area contributed by atoms with Gasteiger partial charge in [0.25, 0.3) is 11.1 Å². The highest BCUT2D eigenvalue weighted by atomic mass is 32.1. The second kappa shape index (κ2) is 6.72. The average molecular weight is 302 g/mol. The van der Waals surface area contributed by atoms with Gasteiger partial charge >= 0.3 is 0 Å². The van der Waals surface area contributed by atoms with Crippen LogP contribution in [0.1, 0.15) is 42.5 Å². The lowest BCUT2D eigenvalue weighted by Crippen LogP contribution is -2.36. The van der Waals surface area contributed by atoms with Gasteiger partial charge in [0.1, 0.15) is 5.75 Å². The number of thiazole rings is 1. The van der Waals surface area contributed by atoms with E-state index in [1.807, 2.05) is 5.38 Å². The zero-order valence-corrected chi connectivity index (χ0v) is 12.6. The minimum Gasteiger partial charge on any atom is -0.431 e. The second-order valence-corrected chi connectivity index (χ2v) is 6.09. The topological polar surface area (TPSA) is 51.2 Å². The van der Waals surface area contributed by atoms with Crippen molar-refractivity contribution in [1.82, 2.24) is 10.3 Å². The maximum atomic E-state index is 12.2. The van der Waals surface area contributed by atoms with Gasteiger partial charge in [0.2, 0.25) is 0 Å². The second-order valence-electron chi connectivity index (χ2n) is 5.23. The van der Waals surface area contributed by atoms with Crippen LogP contribution in [0.3, 0.4) is 0 Å². The van der Waals surface area contributed by atoms with Gasteiger partial charge in [-0.15, -0.1) is 0 Å². The van der Waals surface area contributed by atoms with Gasteiger partial charge in [-0.25, -0.2) is 4.98 Å². The van der Waals surface area contributed by atoms with E-state index in [9.17, 15) is 4.79 Å². The summed E-state index contributed by atoms with van der Waals surface area (Å²) in [6.07, 6.45) is 7.60. The number of benzene rings is 1. The minimum absolute atomic E-state index is 0.00250. The van der Waals surface area contributed by atoms with Gasteiger partial charge < -0.3 is 10.1 Å². The summed E-state index contributed by atoms with van der Waals surface area (Å²) >= 11 is 1.44. The van der Waals surface area contributed by atoms with E-state index in [1.54, 1.807) is 30.5 Å². The number of nitrogens with one attached hydrogen (secondary N) is 1. The van der Waals surface area contributed by atoms with Gasteiger partial charge in [-0.1, -0.05) is 30.6 Å². The number of amides is 1. The standard InChI is InChI=1S/C16H18N2O2S/c19-15(18-13-4-2-1-3-5-13)12-6-8-14(9-7-12)20-16-17-10-11-21-16/h6-11,13H,1-5H2,(H,18,19). The molecule has 0 radical (unpaired) electrons. The first kappa shape index (κ1) is 14.1. The van der Waals surface area contributed by atoms with Crippen LogP contribution in [-0.2, 0) is 0 Å². The predicted molar refractivity (Wildman–Crippen MR) is 83.0 cm³/mol. The van der Waals surface area contributed by atoms with Crippen LogP contribution in [0.5, 0.6) is 10.9 Å². The van der Waals surface area contributed by atoms with Crippen molar-refractivity contribution in [2.24, 2.45) is 0 Å². The number of carbonyl (C=O) groups is 1. The Bertz CT molecular complexity index is 575. The van der Waals surface area contributed by atoms with Gasteiger partial charge in [0.15, 0.2) is 0 Å². The third-order valence-corrected chi connectivity index (χ3v) is 4.32. The molecule has 1 heterocycles. The summed E-state index contributed by atoms with van der Waals surface area (Å²) in [5.41, 5.74) is 0.673. The number of rotatable bonds is 4. The van der Waals surface area contributed by atoms with Gasteiger partial charge in [-0.2, -0.15) is 0 Å². The van der Waals surface area contributed by atoms with E-state index >= 15 is 0 Å². The molecule has 21 heavy (non-hydrogen) atoms. The number of ether oxygens (including phenoxy) is 1. The zero-order valence-electron chi connectivity index (χ0n) is 11.7. The van der Waals surface area contributed by atoms with Crippen LogP contribution in [0.15, 0.2) is 35.8 Å². The number of nitrogens with zero attached hydrogens (tertiary/aromatic N) is 1. The molecule has 3 rings (SSSR count). The molecule has 0 aliphatic heterocycles.